The van der Waals surface area contributed by atoms with Crippen molar-refractivity contribution in [2.75, 3.05) is 6.54 Å². The number of benzene rings is 1. The number of sulfonamides is 1. The van der Waals surface area contributed by atoms with E-state index in [0.717, 1.165) is 5.56 Å². The van der Waals surface area contributed by atoms with Crippen molar-refractivity contribution >= 4 is 21.6 Å². The van der Waals surface area contributed by atoms with Gasteiger partial charge < -0.3 is 5.11 Å². The number of aryl methyl sites for hydroxylation is 1. The summed E-state index contributed by atoms with van der Waals surface area (Å²) in [5.41, 5.74) is 1.50. The minimum absolute atomic E-state index is 0.0348. The molecular formula is C13H16ClN3O3S. The average molecular weight is 330 g/mol. The molecule has 21 heavy (non-hydrogen) atoms. The topological polar surface area (TPSA) is 84.2 Å². The first-order chi connectivity index (χ1) is 9.92. The van der Waals surface area contributed by atoms with E-state index >= 15 is 0 Å². The lowest BCUT2D eigenvalue weighted by atomic mass is 10.2. The molecule has 114 valence electrons. The van der Waals surface area contributed by atoms with E-state index in [9.17, 15) is 8.42 Å². The van der Waals surface area contributed by atoms with E-state index in [2.05, 4.69) is 9.82 Å². The molecule has 0 radical (unpaired) electrons. The molecule has 1 heterocycles. The summed E-state index contributed by atoms with van der Waals surface area (Å²) in [7, 11) is -3.72. The third kappa shape index (κ3) is 4.04. The Morgan fingerprint density at radius 3 is 2.81 bits per heavy atom. The van der Waals surface area contributed by atoms with Crippen molar-refractivity contribution in [1.29, 1.82) is 0 Å². The molecule has 2 aromatic rings. The highest BCUT2D eigenvalue weighted by Crippen LogP contribution is 2.22. The number of hydrogen-bond donors (Lipinski definition) is 2. The number of aliphatic hydroxyl groups is 1. The molecule has 0 aliphatic carbocycles. The molecule has 2 rings (SSSR count). The van der Waals surface area contributed by atoms with Crippen molar-refractivity contribution in [2.45, 2.75) is 25.0 Å². The van der Waals surface area contributed by atoms with Crippen LogP contribution in [-0.2, 0) is 23.2 Å². The predicted octanol–water partition coefficient (Wildman–Crippen LogP) is 1.32. The molecular weight excluding hydrogens is 314 g/mol. The second-order valence-electron chi connectivity index (χ2n) is 4.60. The molecule has 1 aromatic carbocycles. The quantitative estimate of drug-likeness (QED) is 0.837. The average Bonchev–Trinajstić information content (AvgIpc) is 2.84. The predicted molar refractivity (Wildman–Crippen MR) is 79.5 cm³/mol. The zero-order chi connectivity index (χ0) is 15.5. The summed E-state index contributed by atoms with van der Waals surface area (Å²) in [4.78, 5) is -0.0348. The van der Waals surface area contributed by atoms with Crippen LogP contribution in [0.25, 0.3) is 0 Å². The number of nitrogens with zero attached hydrogens (tertiary/aromatic N) is 2. The summed E-state index contributed by atoms with van der Waals surface area (Å²) in [5, 5.41) is 13.3. The zero-order valence-electron chi connectivity index (χ0n) is 11.5. The van der Waals surface area contributed by atoms with Crippen LogP contribution in [0.4, 0.5) is 0 Å². The summed E-state index contributed by atoms with van der Waals surface area (Å²) in [5.74, 6) is 0. The van der Waals surface area contributed by atoms with E-state index < -0.39 is 10.0 Å². The largest absolute Gasteiger partial charge is 0.392 e. The van der Waals surface area contributed by atoms with Gasteiger partial charge in [-0.1, -0.05) is 17.7 Å². The molecule has 0 aliphatic heterocycles. The fourth-order valence-corrected chi connectivity index (χ4v) is 3.38. The first kappa shape index (κ1) is 16.0. The second-order valence-corrected chi connectivity index (χ2v) is 6.74. The highest BCUT2D eigenvalue weighted by atomic mass is 35.5. The van der Waals surface area contributed by atoms with Gasteiger partial charge in [-0.25, -0.2) is 13.1 Å². The van der Waals surface area contributed by atoms with Gasteiger partial charge in [-0.3, -0.25) is 4.68 Å². The van der Waals surface area contributed by atoms with Crippen LogP contribution in [0.1, 0.15) is 11.1 Å². The normalized spacial score (nSPS) is 11.8. The fourth-order valence-electron chi connectivity index (χ4n) is 1.81. The maximum atomic E-state index is 12.2. The summed E-state index contributed by atoms with van der Waals surface area (Å²) < 4.78 is 28.5. The maximum absolute atomic E-state index is 12.2. The highest BCUT2D eigenvalue weighted by Gasteiger charge is 2.18. The van der Waals surface area contributed by atoms with Crippen molar-refractivity contribution in [2.24, 2.45) is 0 Å². The smallest absolute Gasteiger partial charge is 0.242 e. The van der Waals surface area contributed by atoms with E-state index in [1.54, 1.807) is 16.9 Å². The van der Waals surface area contributed by atoms with Crippen molar-refractivity contribution in [3.8, 4) is 0 Å². The third-order valence-corrected chi connectivity index (χ3v) is 4.81. The molecule has 0 saturated carbocycles. The molecule has 2 N–H and O–H groups in total. The van der Waals surface area contributed by atoms with Crippen LogP contribution >= 0.6 is 11.6 Å². The first-order valence-corrected chi connectivity index (χ1v) is 8.16. The molecule has 0 amide bonds. The van der Waals surface area contributed by atoms with Crippen LogP contribution in [0.5, 0.6) is 0 Å². The Labute approximate surface area is 128 Å². The molecule has 0 aliphatic rings. The van der Waals surface area contributed by atoms with Gasteiger partial charge in [-0.05, 0) is 30.2 Å². The minimum atomic E-state index is -3.72. The fraction of sp³-hybridized carbons (Fsp3) is 0.308. The molecule has 1 aromatic heterocycles. The van der Waals surface area contributed by atoms with Gasteiger partial charge in [0.15, 0.2) is 0 Å². The van der Waals surface area contributed by atoms with E-state index in [4.69, 9.17) is 16.7 Å². The minimum Gasteiger partial charge on any atom is -0.392 e. The number of nitrogens with one attached hydrogen (secondary N) is 1. The lowest BCUT2D eigenvalue weighted by Crippen LogP contribution is -2.28. The van der Waals surface area contributed by atoms with Gasteiger partial charge in [0.05, 0.1) is 24.4 Å². The number of aromatic nitrogens is 2. The van der Waals surface area contributed by atoms with Crippen molar-refractivity contribution in [1.82, 2.24) is 14.5 Å². The first-order valence-electron chi connectivity index (χ1n) is 6.30. The van der Waals surface area contributed by atoms with Crippen LogP contribution in [0.15, 0.2) is 35.5 Å². The second kappa shape index (κ2) is 6.57. The van der Waals surface area contributed by atoms with E-state index in [0.29, 0.717) is 12.1 Å². The molecule has 6 nitrogen and oxygen atoms in total. The van der Waals surface area contributed by atoms with Gasteiger partial charge in [0.2, 0.25) is 10.0 Å². The van der Waals surface area contributed by atoms with E-state index in [-0.39, 0.29) is 23.1 Å². The van der Waals surface area contributed by atoms with Crippen LogP contribution in [0.3, 0.4) is 0 Å². The Bertz CT molecular complexity index is 728. The number of hydrogen-bond acceptors (Lipinski definition) is 4. The van der Waals surface area contributed by atoms with Crippen molar-refractivity contribution < 1.29 is 13.5 Å². The Kier molecular flexibility index (Phi) is 5.00. The van der Waals surface area contributed by atoms with Crippen LogP contribution < -0.4 is 4.72 Å². The van der Waals surface area contributed by atoms with E-state index in [1.165, 1.54) is 12.1 Å². The third-order valence-electron chi connectivity index (χ3n) is 2.86. The summed E-state index contributed by atoms with van der Waals surface area (Å²) in [6, 6.07) is 4.40. The lowest BCUT2D eigenvalue weighted by Gasteiger charge is -2.09. The summed E-state index contributed by atoms with van der Waals surface area (Å²) in [6.45, 7) is 2.29. The van der Waals surface area contributed by atoms with Gasteiger partial charge in [-0.15, -0.1) is 0 Å². The Morgan fingerprint density at radius 1 is 1.43 bits per heavy atom. The zero-order valence-corrected chi connectivity index (χ0v) is 13.0. The molecule has 8 heteroatoms. The molecule has 0 spiro atoms. The van der Waals surface area contributed by atoms with Gasteiger partial charge in [0.1, 0.15) is 4.90 Å². The van der Waals surface area contributed by atoms with Crippen LogP contribution in [0.2, 0.25) is 5.02 Å². The number of halogens is 1. The maximum Gasteiger partial charge on any atom is 0.242 e. The van der Waals surface area contributed by atoms with Gasteiger partial charge in [0, 0.05) is 12.7 Å². The molecule has 0 fully saturated rings. The molecule has 0 unspecified atom stereocenters. The Hall–Kier alpha value is -1.41. The van der Waals surface area contributed by atoms with Crippen molar-refractivity contribution in [3.05, 3.63) is 46.7 Å². The number of aliphatic hydroxyl groups excluding tert-OH is 1. The molecule has 0 atom stereocenters. The van der Waals surface area contributed by atoms with Crippen molar-refractivity contribution in [3.63, 3.8) is 0 Å². The number of rotatable bonds is 6. The summed E-state index contributed by atoms with van der Waals surface area (Å²) in [6.07, 6.45) is 3.53. The van der Waals surface area contributed by atoms with Gasteiger partial charge in [-0.2, -0.15) is 5.10 Å². The Morgan fingerprint density at radius 2 is 2.19 bits per heavy atom. The van der Waals surface area contributed by atoms with Gasteiger partial charge in [0.25, 0.3) is 0 Å². The summed E-state index contributed by atoms with van der Waals surface area (Å²) >= 11 is 5.92. The SMILES string of the molecule is Cc1cnn(CCNS(=O)(=O)c2cc(CO)ccc2Cl)c1. The lowest BCUT2D eigenvalue weighted by molar-refractivity contribution is 0.281. The monoisotopic (exact) mass is 329 g/mol. The van der Waals surface area contributed by atoms with E-state index in [1.807, 2.05) is 13.1 Å². The molecule has 0 saturated heterocycles. The standard InChI is InChI=1S/C13H16ClN3O3S/c1-10-7-15-17(8-10)5-4-16-21(19,20)13-6-11(9-18)2-3-12(13)14/h2-3,6-8,16,18H,4-5,9H2,1H3. The molecule has 0 bridgehead atoms. The highest BCUT2D eigenvalue weighted by molar-refractivity contribution is 7.89. The van der Waals surface area contributed by atoms with Crippen LogP contribution in [-0.4, -0.2) is 29.8 Å². The Balaban J connectivity index is 2.07. The van der Waals surface area contributed by atoms with Gasteiger partial charge >= 0.3 is 0 Å². The van der Waals surface area contributed by atoms with Crippen LogP contribution in [0, 0.1) is 6.92 Å².